The summed E-state index contributed by atoms with van der Waals surface area (Å²) >= 11 is 0. The summed E-state index contributed by atoms with van der Waals surface area (Å²) < 4.78 is 11.9. The average Bonchev–Trinajstić information content (AvgIpc) is 2.70. The van der Waals surface area contributed by atoms with E-state index in [4.69, 9.17) is 14.6 Å². The van der Waals surface area contributed by atoms with E-state index in [0.29, 0.717) is 18.3 Å². The maximum atomic E-state index is 11.0. The van der Waals surface area contributed by atoms with Crippen molar-refractivity contribution >= 4 is 5.97 Å². The number of carbonyl (C=O) groups is 1. The van der Waals surface area contributed by atoms with Crippen LogP contribution in [0.4, 0.5) is 0 Å². The summed E-state index contributed by atoms with van der Waals surface area (Å²) in [6.07, 6.45) is 5.66. The first-order valence-electron chi connectivity index (χ1n) is 10.6. The summed E-state index contributed by atoms with van der Waals surface area (Å²) in [5, 5.41) is 9.05. The highest BCUT2D eigenvalue weighted by atomic mass is 16.5. The molecule has 0 amide bonds. The van der Waals surface area contributed by atoms with Crippen LogP contribution in [0.25, 0.3) is 0 Å². The second kappa shape index (κ2) is 9.34. The van der Waals surface area contributed by atoms with Gasteiger partial charge in [-0.15, -0.1) is 0 Å². The van der Waals surface area contributed by atoms with Crippen molar-refractivity contribution < 1.29 is 19.4 Å². The van der Waals surface area contributed by atoms with Gasteiger partial charge in [0.15, 0.2) is 0 Å². The van der Waals surface area contributed by atoms with E-state index in [9.17, 15) is 4.79 Å². The maximum absolute atomic E-state index is 11.0. The lowest BCUT2D eigenvalue weighted by atomic mass is 9.78. The normalized spacial score (nSPS) is 15.8. The summed E-state index contributed by atoms with van der Waals surface area (Å²) in [5.41, 5.74) is 2.97. The molecule has 0 aromatic heterocycles. The molecule has 1 unspecified atom stereocenters. The minimum absolute atomic E-state index is 0.116. The summed E-state index contributed by atoms with van der Waals surface area (Å²) in [6, 6.07) is 13.2. The number of carboxylic acids is 1. The van der Waals surface area contributed by atoms with Crippen molar-refractivity contribution in [2.75, 3.05) is 13.2 Å². The molecule has 1 heterocycles. The van der Waals surface area contributed by atoms with Crippen LogP contribution < -0.4 is 9.47 Å². The second-order valence-corrected chi connectivity index (χ2v) is 8.57. The number of rotatable bonds is 9. The van der Waals surface area contributed by atoms with Crippen LogP contribution in [0.2, 0.25) is 0 Å². The third kappa shape index (κ3) is 5.31. The molecule has 0 bridgehead atoms. The average molecular weight is 397 g/mol. The standard InChI is InChI=1S/C25H32O4/c1-4-5-6-7-20(17-29-21-11-8-18(9-12-21)24(26)27)19-10-13-23-22(16-19)25(2,3)14-15-28-23/h8-13,16,20H,4-7,14-15,17H2,1-3H3,(H,26,27). The molecule has 29 heavy (non-hydrogen) atoms. The molecule has 156 valence electrons. The monoisotopic (exact) mass is 396 g/mol. The van der Waals surface area contributed by atoms with Crippen molar-refractivity contribution in [1.29, 1.82) is 0 Å². The van der Waals surface area contributed by atoms with E-state index < -0.39 is 5.97 Å². The van der Waals surface area contributed by atoms with Crippen LogP contribution in [0, 0.1) is 0 Å². The molecule has 1 N–H and O–H groups in total. The third-order valence-electron chi connectivity index (χ3n) is 5.90. The van der Waals surface area contributed by atoms with Crippen molar-refractivity contribution in [3.05, 3.63) is 59.2 Å². The molecule has 4 heteroatoms. The zero-order valence-corrected chi connectivity index (χ0v) is 17.7. The predicted octanol–water partition coefficient (Wildman–Crippen LogP) is 6.19. The fourth-order valence-electron chi connectivity index (χ4n) is 3.88. The number of hydrogen-bond donors (Lipinski definition) is 1. The van der Waals surface area contributed by atoms with Gasteiger partial charge in [-0.1, -0.05) is 52.2 Å². The minimum atomic E-state index is -0.923. The highest BCUT2D eigenvalue weighted by Gasteiger charge is 2.29. The second-order valence-electron chi connectivity index (χ2n) is 8.57. The molecule has 1 atom stereocenters. The Balaban J connectivity index is 1.77. The summed E-state index contributed by atoms with van der Waals surface area (Å²) in [4.78, 5) is 11.0. The number of unbranched alkanes of at least 4 members (excludes halogenated alkanes) is 2. The molecule has 2 aromatic rings. The molecule has 2 aromatic carbocycles. The number of aromatic carboxylic acids is 1. The number of hydrogen-bond acceptors (Lipinski definition) is 3. The topological polar surface area (TPSA) is 55.8 Å². The van der Waals surface area contributed by atoms with Crippen LogP contribution in [0.3, 0.4) is 0 Å². The molecule has 0 fully saturated rings. The van der Waals surface area contributed by atoms with E-state index in [2.05, 4.69) is 39.0 Å². The van der Waals surface area contributed by atoms with Gasteiger partial charge in [0, 0.05) is 11.5 Å². The van der Waals surface area contributed by atoms with E-state index in [1.165, 1.54) is 30.4 Å². The molecular formula is C25H32O4. The van der Waals surface area contributed by atoms with Crippen molar-refractivity contribution in [1.82, 2.24) is 0 Å². The molecule has 1 aliphatic rings. The Morgan fingerprint density at radius 1 is 1.17 bits per heavy atom. The van der Waals surface area contributed by atoms with Gasteiger partial charge in [-0.2, -0.15) is 0 Å². The van der Waals surface area contributed by atoms with E-state index in [1.54, 1.807) is 24.3 Å². The molecule has 1 aliphatic heterocycles. The van der Waals surface area contributed by atoms with Crippen molar-refractivity contribution in [3.8, 4) is 11.5 Å². The number of ether oxygens (including phenoxy) is 2. The Kier molecular flexibility index (Phi) is 6.83. The maximum Gasteiger partial charge on any atom is 0.335 e. The van der Waals surface area contributed by atoms with Crippen LogP contribution >= 0.6 is 0 Å². The van der Waals surface area contributed by atoms with Crippen molar-refractivity contribution in [3.63, 3.8) is 0 Å². The van der Waals surface area contributed by atoms with Crippen LogP contribution in [0.15, 0.2) is 42.5 Å². The number of fused-ring (bicyclic) bond motifs is 1. The van der Waals surface area contributed by atoms with Crippen molar-refractivity contribution in [2.24, 2.45) is 0 Å². The van der Waals surface area contributed by atoms with Gasteiger partial charge in [0.1, 0.15) is 11.5 Å². The fourth-order valence-corrected chi connectivity index (χ4v) is 3.88. The Hall–Kier alpha value is -2.49. The minimum Gasteiger partial charge on any atom is -0.493 e. The quantitative estimate of drug-likeness (QED) is 0.514. The Morgan fingerprint density at radius 2 is 1.93 bits per heavy atom. The zero-order valence-electron chi connectivity index (χ0n) is 17.7. The lowest BCUT2D eigenvalue weighted by Crippen LogP contribution is -2.27. The smallest absolute Gasteiger partial charge is 0.335 e. The van der Waals surface area contributed by atoms with Crippen LogP contribution in [-0.2, 0) is 5.41 Å². The predicted molar refractivity (Wildman–Crippen MR) is 115 cm³/mol. The highest BCUT2D eigenvalue weighted by molar-refractivity contribution is 5.87. The van der Waals surface area contributed by atoms with Gasteiger partial charge in [0.25, 0.3) is 0 Å². The first-order valence-corrected chi connectivity index (χ1v) is 10.6. The lowest BCUT2D eigenvalue weighted by molar-refractivity contribution is 0.0697. The van der Waals surface area contributed by atoms with Gasteiger partial charge in [0.05, 0.1) is 18.8 Å². The molecule has 4 nitrogen and oxygen atoms in total. The molecule has 0 radical (unpaired) electrons. The Bertz CT molecular complexity index is 823. The largest absolute Gasteiger partial charge is 0.493 e. The van der Waals surface area contributed by atoms with E-state index in [0.717, 1.165) is 25.2 Å². The van der Waals surface area contributed by atoms with Gasteiger partial charge < -0.3 is 14.6 Å². The van der Waals surface area contributed by atoms with Crippen LogP contribution in [0.1, 0.15) is 80.3 Å². The molecule has 0 saturated carbocycles. The van der Waals surface area contributed by atoms with E-state index >= 15 is 0 Å². The van der Waals surface area contributed by atoms with Gasteiger partial charge in [-0.3, -0.25) is 0 Å². The first-order chi connectivity index (χ1) is 13.9. The molecule has 3 rings (SSSR count). The van der Waals surface area contributed by atoms with Crippen molar-refractivity contribution in [2.45, 2.75) is 64.2 Å². The SMILES string of the molecule is CCCCCC(COc1ccc(C(=O)O)cc1)c1ccc2c(c1)C(C)(C)CCO2. The first kappa shape index (κ1) is 21.2. The molecule has 0 aliphatic carbocycles. The lowest BCUT2D eigenvalue weighted by Gasteiger charge is -2.33. The van der Waals surface area contributed by atoms with Gasteiger partial charge in [-0.05, 0) is 54.2 Å². The molecular weight excluding hydrogens is 364 g/mol. The van der Waals surface area contributed by atoms with Crippen LogP contribution in [-0.4, -0.2) is 24.3 Å². The van der Waals surface area contributed by atoms with Gasteiger partial charge in [0.2, 0.25) is 0 Å². The van der Waals surface area contributed by atoms with Gasteiger partial charge in [-0.25, -0.2) is 4.79 Å². The molecule has 0 spiro atoms. The summed E-state index contributed by atoms with van der Waals surface area (Å²) in [7, 11) is 0. The summed E-state index contributed by atoms with van der Waals surface area (Å²) in [5.74, 6) is 1.08. The molecule has 0 saturated heterocycles. The highest BCUT2D eigenvalue weighted by Crippen LogP contribution is 2.40. The Labute approximate surface area is 173 Å². The third-order valence-corrected chi connectivity index (χ3v) is 5.90. The van der Waals surface area contributed by atoms with Crippen LogP contribution in [0.5, 0.6) is 11.5 Å². The van der Waals surface area contributed by atoms with Gasteiger partial charge >= 0.3 is 5.97 Å². The Morgan fingerprint density at radius 3 is 2.62 bits per heavy atom. The fraction of sp³-hybridized carbons (Fsp3) is 0.480. The van der Waals surface area contributed by atoms with E-state index in [-0.39, 0.29) is 11.0 Å². The number of benzene rings is 2. The zero-order chi connectivity index (χ0) is 20.9. The van der Waals surface area contributed by atoms with E-state index in [1.807, 2.05) is 0 Å². The summed E-state index contributed by atoms with van der Waals surface area (Å²) in [6.45, 7) is 8.13. The number of carboxylic acid groups (broad SMARTS) is 1.